The van der Waals surface area contributed by atoms with Crippen LogP contribution in [-0.2, 0) is 6.42 Å². The average Bonchev–Trinajstić information content (AvgIpc) is 2.42. The highest BCUT2D eigenvalue weighted by atomic mass is 16.6. The van der Waals surface area contributed by atoms with E-state index in [4.69, 9.17) is 4.74 Å². The lowest BCUT2D eigenvalue weighted by Crippen LogP contribution is -2.32. The Kier molecular flexibility index (Phi) is 4.62. The smallest absolute Gasteiger partial charge is 0.410 e. The minimum Gasteiger partial charge on any atom is -0.410 e. The van der Waals surface area contributed by atoms with Gasteiger partial charge < -0.3 is 14.7 Å². The number of nitrogens with zero attached hydrogens (tertiary/aromatic N) is 2. The van der Waals surface area contributed by atoms with E-state index < -0.39 is 0 Å². The summed E-state index contributed by atoms with van der Waals surface area (Å²) in [7, 11) is 5.39. The zero-order valence-electron chi connectivity index (χ0n) is 12.3. The first-order chi connectivity index (χ1) is 9.52. The van der Waals surface area contributed by atoms with Crippen LogP contribution in [0.1, 0.15) is 23.6 Å². The highest BCUT2D eigenvalue weighted by Gasteiger charge is 2.24. The Morgan fingerprint density at radius 2 is 2.25 bits per heavy atom. The Balaban J connectivity index is 2.21. The Labute approximate surface area is 119 Å². The molecule has 1 aliphatic heterocycles. The van der Waals surface area contributed by atoms with E-state index in [1.807, 2.05) is 18.2 Å². The summed E-state index contributed by atoms with van der Waals surface area (Å²) in [4.78, 5) is 15.2. The van der Waals surface area contributed by atoms with Gasteiger partial charge in [0, 0.05) is 33.3 Å². The topological polar surface area (TPSA) is 53.0 Å². The summed E-state index contributed by atoms with van der Waals surface area (Å²) in [5.41, 5.74) is 2.42. The molecule has 5 heteroatoms. The predicted molar refractivity (Wildman–Crippen MR) is 76.9 cm³/mol. The van der Waals surface area contributed by atoms with Gasteiger partial charge >= 0.3 is 6.09 Å². The molecule has 110 valence electrons. The van der Waals surface area contributed by atoms with Crippen LogP contribution in [0.15, 0.2) is 18.2 Å². The fourth-order valence-corrected chi connectivity index (χ4v) is 2.57. The molecule has 0 radical (unpaired) electrons. The summed E-state index contributed by atoms with van der Waals surface area (Å²) in [6.07, 6.45) is 1.28. The van der Waals surface area contributed by atoms with Crippen LogP contribution in [0.25, 0.3) is 0 Å². The molecule has 0 saturated carbocycles. The zero-order chi connectivity index (χ0) is 14.7. The van der Waals surface area contributed by atoms with Crippen LogP contribution in [0.5, 0.6) is 5.75 Å². The number of likely N-dealkylation sites (N-methyl/N-ethyl adjacent to an activating group) is 1. The van der Waals surface area contributed by atoms with Gasteiger partial charge in [-0.3, -0.25) is 4.90 Å². The van der Waals surface area contributed by atoms with Crippen LogP contribution in [0, 0.1) is 0 Å². The minimum absolute atomic E-state index is 0.172. The van der Waals surface area contributed by atoms with Crippen LogP contribution >= 0.6 is 0 Å². The lowest BCUT2D eigenvalue weighted by atomic mass is 9.91. The van der Waals surface area contributed by atoms with E-state index in [0.717, 1.165) is 19.4 Å². The quantitative estimate of drug-likeness (QED) is 0.913. The van der Waals surface area contributed by atoms with Crippen LogP contribution in [-0.4, -0.2) is 55.3 Å². The maximum atomic E-state index is 11.6. The average molecular weight is 278 g/mol. The van der Waals surface area contributed by atoms with E-state index in [9.17, 15) is 9.90 Å². The molecule has 1 N–H and O–H groups in total. The molecular weight excluding hydrogens is 256 g/mol. The molecule has 5 nitrogen and oxygen atoms in total. The van der Waals surface area contributed by atoms with E-state index >= 15 is 0 Å². The molecule has 1 atom stereocenters. The highest BCUT2D eigenvalue weighted by molar-refractivity contribution is 5.70. The van der Waals surface area contributed by atoms with E-state index in [2.05, 4.69) is 11.9 Å². The van der Waals surface area contributed by atoms with Gasteiger partial charge in [-0.25, -0.2) is 4.79 Å². The van der Waals surface area contributed by atoms with Crippen LogP contribution in [0.3, 0.4) is 0 Å². The molecule has 0 fully saturated rings. The van der Waals surface area contributed by atoms with Crippen LogP contribution < -0.4 is 4.74 Å². The van der Waals surface area contributed by atoms with Gasteiger partial charge in [0.2, 0.25) is 0 Å². The van der Waals surface area contributed by atoms with Gasteiger partial charge in [0.15, 0.2) is 0 Å². The Bertz CT molecular complexity index is 488. The number of hydrogen-bond acceptors (Lipinski definition) is 4. The molecule has 1 aromatic carbocycles. The second-order valence-electron chi connectivity index (χ2n) is 5.38. The van der Waals surface area contributed by atoms with Crippen LogP contribution in [0.4, 0.5) is 4.79 Å². The highest BCUT2D eigenvalue weighted by Crippen LogP contribution is 2.33. The van der Waals surface area contributed by atoms with Gasteiger partial charge in [-0.05, 0) is 43.1 Å². The molecule has 1 amide bonds. The fraction of sp³-hybridized carbons (Fsp3) is 0.533. The largest absolute Gasteiger partial charge is 0.414 e. The molecule has 1 unspecified atom stereocenters. The molecule has 1 aliphatic rings. The molecule has 1 aromatic rings. The maximum Gasteiger partial charge on any atom is 0.414 e. The van der Waals surface area contributed by atoms with E-state index in [1.54, 1.807) is 14.1 Å². The normalized spacial score (nSPS) is 18.5. The summed E-state index contributed by atoms with van der Waals surface area (Å²) in [5.74, 6) is 0.578. The number of fused-ring (bicyclic) bond motifs is 1. The van der Waals surface area contributed by atoms with Gasteiger partial charge in [-0.15, -0.1) is 0 Å². The van der Waals surface area contributed by atoms with Gasteiger partial charge in [0.25, 0.3) is 0 Å². The number of carbonyl (C=O) groups is 1. The van der Waals surface area contributed by atoms with Crippen molar-refractivity contribution in [2.45, 2.75) is 18.9 Å². The number of aliphatic hydroxyl groups excluding tert-OH is 1. The third kappa shape index (κ3) is 3.11. The van der Waals surface area contributed by atoms with Crippen molar-refractivity contribution in [2.24, 2.45) is 0 Å². The number of amides is 1. The predicted octanol–water partition coefficient (Wildman–Crippen LogP) is 1.66. The number of rotatable bonds is 3. The third-order valence-corrected chi connectivity index (χ3v) is 3.71. The van der Waals surface area contributed by atoms with Crippen molar-refractivity contribution in [1.82, 2.24) is 9.80 Å². The fourth-order valence-electron chi connectivity index (χ4n) is 2.57. The van der Waals surface area contributed by atoms with Crippen molar-refractivity contribution in [3.63, 3.8) is 0 Å². The number of hydrogen-bond donors (Lipinski definition) is 1. The molecule has 0 bridgehead atoms. The molecule has 0 aromatic heterocycles. The summed E-state index contributed by atoms with van der Waals surface area (Å²) >= 11 is 0. The summed E-state index contributed by atoms with van der Waals surface area (Å²) < 4.78 is 5.29. The van der Waals surface area contributed by atoms with Gasteiger partial charge in [0.1, 0.15) is 5.75 Å². The van der Waals surface area contributed by atoms with Crippen molar-refractivity contribution < 1.29 is 14.6 Å². The molecule has 2 rings (SSSR count). The molecule has 0 saturated heterocycles. The van der Waals surface area contributed by atoms with Crippen molar-refractivity contribution in [2.75, 3.05) is 34.3 Å². The van der Waals surface area contributed by atoms with Gasteiger partial charge in [-0.2, -0.15) is 0 Å². The first-order valence-electron chi connectivity index (χ1n) is 6.86. The second-order valence-corrected chi connectivity index (χ2v) is 5.38. The van der Waals surface area contributed by atoms with Crippen molar-refractivity contribution >= 4 is 6.09 Å². The number of carbonyl (C=O) groups excluding carboxylic acids is 1. The van der Waals surface area contributed by atoms with E-state index in [0.29, 0.717) is 5.75 Å². The number of aliphatic hydroxyl groups is 1. The van der Waals surface area contributed by atoms with Crippen molar-refractivity contribution in [1.29, 1.82) is 0 Å². The Hall–Kier alpha value is -1.59. The first kappa shape index (κ1) is 14.8. The van der Waals surface area contributed by atoms with Gasteiger partial charge in [0.05, 0.1) is 0 Å². The lowest BCUT2D eigenvalue weighted by molar-refractivity contribution is 0.170. The molecule has 20 heavy (non-hydrogen) atoms. The molecule has 0 spiro atoms. The summed E-state index contributed by atoms with van der Waals surface area (Å²) in [6, 6.07) is 6.00. The minimum atomic E-state index is -0.371. The zero-order valence-corrected chi connectivity index (χ0v) is 12.3. The standard InChI is InChI=1S/C15H22N2O3/c1-16(2)15(19)20-12-4-5-13-11(10-12)6-8-17(3)14(13)7-9-18/h4-5,10,14,18H,6-9H2,1-3H3. The maximum absolute atomic E-state index is 11.6. The molecular formula is C15H22N2O3. The molecule has 1 heterocycles. The second kappa shape index (κ2) is 6.24. The van der Waals surface area contributed by atoms with Crippen molar-refractivity contribution in [3.8, 4) is 5.75 Å². The molecule has 0 aliphatic carbocycles. The van der Waals surface area contributed by atoms with Crippen LogP contribution in [0.2, 0.25) is 0 Å². The Morgan fingerprint density at radius 1 is 1.50 bits per heavy atom. The monoisotopic (exact) mass is 278 g/mol. The Morgan fingerprint density at radius 3 is 2.90 bits per heavy atom. The van der Waals surface area contributed by atoms with E-state index in [1.165, 1.54) is 16.0 Å². The SMILES string of the molecule is CN(C)C(=O)Oc1ccc2c(c1)CCN(C)C2CCO. The van der Waals surface area contributed by atoms with Gasteiger partial charge in [-0.1, -0.05) is 6.07 Å². The lowest BCUT2D eigenvalue weighted by Gasteiger charge is -2.34. The third-order valence-electron chi connectivity index (χ3n) is 3.71. The number of benzene rings is 1. The van der Waals surface area contributed by atoms with Crippen molar-refractivity contribution in [3.05, 3.63) is 29.3 Å². The first-order valence-corrected chi connectivity index (χ1v) is 6.86. The van der Waals surface area contributed by atoms with E-state index in [-0.39, 0.29) is 18.7 Å². The summed E-state index contributed by atoms with van der Waals surface area (Å²) in [6.45, 7) is 1.12. The summed E-state index contributed by atoms with van der Waals surface area (Å²) in [5, 5.41) is 9.19. The number of ether oxygens (including phenoxy) is 1.